The molecule has 10 heteroatoms. The highest BCUT2D eigenvalue weighted by Crippen LogP contribution is 2.27. The lowest BCUT2D eigenvalue weighted by atomic mass is 10.2. The summed E-state index contributed by atoms with van der Waals surface area (Å²) in [5.74, 6) is 1.01. The zero-order valence-corrected chi connectivity index (χ0v) is 18.7. The predicted molar refractivity (Wildman–Crippen MR) is 123 cm³/mol. The van der Waals surface area contributed by atoms with Gasteiger partial charge in [-0.25, -0.2) is 4.98 Å². The van der Waals surface area contributed by atoms with Crippen molar-refractivity contribution in [1.82, 2.24) is 24.8 Å². The molecule has 4 rings (SSSR count). The third-order valence-corrected chi connectivity index (χ3v) is 5.31. The number of benzene rings is 1. The van der Waals surface area contributed by atoms with Crippen LogP contribution in [0.2, 0.25) is 5.02 Å². The van der Waals surface area contributed by atoms with E-state index in [1.54, 1.807) is 12.1 Å². The number of carbonyl (C=O) groups excluding carboxylic acids is 1. The van der Waals surface area contributed by atoms with Gasteiger partial charge in [-0.05, 0) is 25.2 Å². The number of piperazine rings is 1. The minimum absolute atomic E-state index is 0.125. The summed E-state index contributed by atoms with van der Waals surface area (Å²) in [6.45, 7) is 5.49. The molecule has 0 atom stereocenters. The highest BCUT2D eigenvalue weighted by Gasteiger charge is 2.20. The Hall–Kier alpha value is -3.30. The Labute approximate surface area is 191 Å². The Morgan fingerprint density at radius 2 is 1.88 bits per heavy atom. The number of nitrogens with zero attached hydrogens (tertiary/aromatic N) is 6. The topological polar surface area (TPSA) is 96.4 Å². The number of para-hydroxylation sites is 1. The van der Waals surface area contributed by atoms with Gasteiger partial charge in [0.05, 0.1) is 5.56 Å². The van der Waals surface area contributed by atoms with Crippen LogP contribution in [-0.4, -0.2) is 64.0 Å². The Kier molecular flexibility index (Phi) is 6.77. The van der Waals surface area contributed by atoms with Crippen LogP contribution in [0.25, 0.3) is 0 Å². The lowest BCUT2D eigenvalue weighted by Crippen LogP contribution is -2.45. The predicted octanol–water partition coefficient (Wildman–Crippen LogP) is 3.28. The summed E-state index contributed by atoms with van der Waals surface area (Å²) in [5.41, 5.74) is 0.997. The summed E-state index contributed by atoms with van der Waals surface area (Å²) in [6.07, 6.45) is 2.04. The third kappa shape index (κ3) is 5.30. The third-order valence-electron chi connectivity index (χ3n) is 5.04. The minimum Gasteiger partial charge on any atom is -0.403 e. The second-order valence-electron chi connectivity index (χ2n) is 7.41. The van der Waals surface area contributed by atoms with E-state index in [4.69, 9.17) is 16.3 Å². The molecule has 2 aromatic heterocycles. The van der Waals surface area contributed by atoms with Crippen molar-refractivity contribution in [2.45, 2.75) is 13.3 Å². The maximum absolute atomic E-state index is 12.5. The fraction of sp³-hybridized carbons (Fsp3) is 0.318. The number of likely N-dealkylation sites (N-methyl/N-ethyl adjacent to an activating group) is 1. The molecule has 1 fully saturated rings. The molecule has 1 N–H and O–H groups in total. The first kappa shape index (κ1) is 21.9. The van der Waals surface area contributed by atoms with Crippen molar-refractivity contribution in [1.29, 1.82) is 0 Å². The molecule has 1 aliphatic rings. The molecule has 3 heterocycles. The number of rotatable bonds is 6. The van der Waals surface area contributed by atoms with Crippen LogP contribution in [0.5, 0.6) is 11.9 Å². The molecular formula is C22H24ClN7O2. The van der Waals surface area contributed by atoms with E-state index in [2.05, 4.69) is 42.1 Å². The van der Waals surface area contributed by atoms with E-state index in [0.717, 1.165) is 26.2 Å². The minimum atomic E-state index is -0.317. The zero-order valence-electron chi connectivity index (χ0n) is 18.0. The van der Waals surface area contributed by atoms with Crippen LogP contribution < -0.4 is 15.0 Å². The first-order chi connectivity index (χ1) is 15.5. The smallest absolute Gasteiger partial charge is 0.328 e. The van der Waals surface area contributed by atoms with Crippen molar-refractivity contribution in [2.75, 3.05) is 43.4 Å². The van der Waals surface area contributed by atoms with Gasteiger partial charge in [0, 0.05) is 44.5 Å². The molecule has 166 valence electrons. The number of pyridine rings is 1. The van der Waals surface area contributed by atoms with Gasteiger partial charge in [-0.15, -0.1) is 0 Å². The summed E-state index contributed by atoms with van der Waals surface area (Å²) >= 11 is 6.35. The summed E-state index contributed by atoms with van der Waals surface area (Å²) in [5, 5.41) is 2.98. The zero-order chi connectivity index (χ0) is 22.5. The summed E-state index contributed by atoms with van der Waals surface area (Å²) in [4.78, 5) is 34.4. The van der Waals surface area contributed by atoms with Gasteiger partial charge in [-0.2, -0.15) is 15.0 Å². The number of anilines is 2. The van der Waals surface area contributed by atoms with Crippen molar-refractivity contribution in [2.24, 2.45) is 0 Å². The van der Waals surface area contributed by atoms with Gasteiger partial charge in [0.1, 0.15) is 10.8 Å². The molecular weight excluding hydrogens is 430 g/mol. The SMILES string of the molecule is CCc1nc(Oc2ncc(C(=O)Nc3ccccc3)cc2Cl)nc(N2CCN(C)CC2)n1. The standard InChI is InChI=1S/C22H24ClN7O2/c1-3-18-26-21(30-11-9-29(2)10-12-30)28-22(27-18)32-20-17(23)13-15(14-24-20)19(31)25-16-7-5-4-6-8-16/h4-8,13-14H,3,9-12H2,1-2H3,(H,25,31). The summed E-state index contributed by atoms with van der Waals surface area (Å²) in [7, 11) is 2.09. The van der Waals surface area contributed by atoms with E-state index in [1.165, 1.54) is 12.3 Å². The first-order valence-electron chi connectivity index (χ1n) is 10.4. The number of hydrogen-bond acceptors (Lipinski definition) is 8. The number of halogens is 1. The van der Waals surface area contributed by atoms with Crippen LogP contribution in [0, 0.1) is 0 Å². The Morgan fingerprint density at radius 1 is 1.12 bits per heavy atom. The number of aromatic nitrogens is 4. The van der Waals surface area contributed by atoms with Crippen molar-refractivity contribution in [3.05, 3.63) is 59.0 Å². The Bertz CT molecular complexity index is 1090. The number of amides is 1. The number of hydrogen-bond donors (Lipinski definition) is 1. The van der Waals surface area contributed by atoms with Gasteiger partial charge < -0.3 is 19.9 Å². The molecule has 1 saturated heterocycles. The number of carbonyl (C=O) groups is 1. The van der Waals surface area contributed by atoms with Crippen LogP contribution in [0.15, 0.2) is 42.6 Å². The van der Waals surface area contributed by atoms with Crippen LogP contribution in [0.3, 0.4) is 0 Å². The summed E-state index contributed by atoms with van der Waals surface area (Å²) in [6, 6.07) is 10.8. The monoisotopic (exact) mass is 453 g/mol. The molecule has 1 aromatic carbocycles. The fourth-order valence-electron chi connectivity index (χ4n) is 3.17. The molecule has 1 aliphatic heterocycles. The van der Waals surface area contributed by atoms with E-state index < -0.39 is 0 Å². The first-order valence-corrected chi connectivity index (χ1v) is 10.8. The molecule has 32 heavy (non-hydrogen) atoms. The van der Waals surface area contributed by atoms with E-state index in [9.17, 15) is 4.79 Å². The second kappa shape index (κ2) is 9.88. The van der Waals surface area contributed by atoms with Gasteiger partial charge >= 0.3 is 6.01 Å². The highest BCUT2D eigenvalue weighted by molar-refractivity contribution is 6.32. The van der Waals surface area contributed by atoms with Crippen molar-refractivity contribution >= 4 is 29.1 Å². The Balaban J connectivity index is 1.51. The number of aryl methyl sites for hydroxylation is 1. The van der Waals surface area contributed by atoms with Crippen LogP contribution in [0.1, 0.15) is 23.1 Å². The highest BCUT2D eigenvalue weighted by atomic mass is 35.5. The van der Waals surface area contributed by atoms with E-state index in [1.807, 2.05) is 25.1 Å². The van der Waals surface area contributed by atoms with Gasteiger partial charge in [0.15, 0.2) is 0 Å². The molecule has 0 radical (unpaired) electrons. The fourth-order valence-corrected chi connectivity index (χ4v) is 3.38. The van der Waals surface area contributed by atoms with Gasteiger partial charge in [-0.3, -0.25) is 4.79 Å². The van der Waals surface area contributed by atoms with E-state index >= 15 is 0 Å². The molecule has 0 aliphatic carbocycles. The lowest BCUT2D eigenvalue weighted by molar-refractivity contribution is 0.102. The number of ether oxygens (including phenoxy) is 1. The average molecular weight is 454 g/mol. The quantitative estimate of drug-likeness (QED) is 0.607. The summed E-state index contributed by atoms with van der Waals surface area (Å²) < 4.78 is 5.78. The Morgan fingerprint density at radius 3 is 2.56 bits per heavy atom. The maximum Gasteiger partial charge on any atom is 0.328 e. The van der Waals surface area contributed by atoms with Gasteiger partial charge in [-0.1, -0.05) is 36.7 Å². The van der Waals surface area contributed by atoms with E-state index in [-0.39, 0.29) is 22.8 Å². The van der Waals surface area contributed by atoms with Gasteiger partial charge in [0.2, 0.25) is 11.8 Å². The molecule has 0 saturated carbocycles. The van der Waals surface area contributed by atoms with Gasteiger partial charge in [0.25, 0.3) is 5.91 Å². The number of nitrogens with one attached hydrogen (secondary N) is 1. The van der Waals surface area contributed by atoms with Crippen molar-refractivity contribution in [3.8, 4) is 11.9 Å². The molecule has 0 unspecified atom stereocenters. The lowest BCUT2D eigenvalue weighted by Gasteiger charge is -2.32. The van der Waals surface area contributed by atoms with Crippen molar-refractivity contribution in [3.63, 3.8) is 0 Å². The van der Waals surface area contributed by atoms with E-state index in [0.29, 0.717) is 29.4 Å². The van der Waals surface area contributed by atoms with Crippen LogP contribution >= 0.6 is 11.6 Å². The largest absolute Gasteiger partial charge is 0.403 e. The maximum atomic E-state index is 12.5. The molecule has 9 nitrogen and oxygen atoms in total. The molecule has 1 amide bonds. The van der Waals surface area contributed by atoms with Crippen LogP contribution in [0.4, 0.5) is 11.6 Å². The van der Waals surface area contributed by atoms with Crippen molar-refractivity contribution < 1.29 is 9.53 Å². The van der Waals surface area contributed by atoms with Crippen LogP contribution in [-0.2, 0) is 6.42 Å². The molecule has 0 spiro atoms. The molecule has 3 aromatic rings. The average Bonchev–Trinajstić information content (AvgIpc) is 2.81. The molecule has 0 bridgehead atoms. The second-order valence-corrected chi connectivity index (χ2v) is 7.82. The normalized spacial score (nSPS) is 14.3.